The van der Waals surface area contributed by atoms with Crippen LogP contribution in [0.2, 0.25) is 0 Å². The molecule has 0 atom stereocenters. The van der Waals surface area contributed by atoms with Crippen molar-refractivity contribution in [2.24, 2.45) is 0 Å². The molecule has 0 aliphatic carbocycles. The van der Waals surface area contributed by atoms with Crippen LogP contribution in [-0.2, 0) is 11.3 Å². The second-order valence-corrected chi connectivity index (χ2v) is 6.62. The maximum Gasteiger partial charge on any atom is 0.237 e. The largest absolute Gasteiger partial charge is 0.469 e. The van der Waals surface area contributed by atoms with Crippen molar-refractivity contribution in [1.82, 2.24) is 14.8 Å². The Hall–Kier alpha value is -2.80. The normalized spacial score (nSPS) is 10.7. The lowest BCUT2D eigenvalue weighted by Gasteiger charge is -2.16. The van der Waals surface area contributed by atoms with Crippen molar-refractivity contribution in [3.8, 4) is 11.4 Å². The molecular weight excluding hydrogens is 348 g/mol. The molecule has 0 aliphatic rings. The first-order valence-electron chi connectivity index (χ1n) is 8.14. The molecule has 26 heavy (non-hydrogen) atoms. The lowest BCUT2D eigenvalue weighted by molar-refractivity contribution is -0.115. The summed E-state index contributed by atoms with van der Waals surface area (Å²) in [5.74, 6) is 1.75. The number of furan rings is 1. The second-order valence-electron chi connectivity index (χ2n) is 5.67. The number of hydrogen-bond donors (Lipinski definition) is 0. The molecule has 0 unspecified atom stereocenters. The predicted octanol–water partition coefficient (Wildman–Crippen LogP) is 3.79. The Kier molecular flexibility index (Phi) is 5.58. The minimum absolute atomic E-state index is 0.00426. The van der Waals surface area contributed by atoms with E-state index in [0.717, 1.165) is 17.0 Å². The van der Waals surface area contributed by atoms with E-state index in [1.54, 1.807) is 24.3 Å². The molecule has 0 saturated carbocycles. The summed E-state index contributed by atoms with van der Waals surface area (Å²) < 4.78 is 7.30. The first kappa shape index (κ1) is 18.0. The van der Waals surface area contributed by atoms with Gasteiger partial charge in [0.05, 0.1) is 17.6 Å². The highest BCUT2D eigenvalue weighted by atomic mass is 32.2. The molecule has 6 nitrogen and oxygen atoms in total. The number of amides is 1. The summed E-state index contributed by atoms with van der Waals surface area (Å²) in [4.78, 5) is 14.1. The highest BCUT2D eigenvalue weighted by Crippen LogP contribution is 2.27. The van der Waals surface area contributed by atoms with Gasteiger partial charge in [-0.15, -0.1) is 16.8 Å². The summed E-state index contributed by atoms with van der Waals surface area (Å²) in [6, 6.07) is 11.4. The zero-order valence-corrected chi connectivity index (χ0v) is 15.6. The number of rotatable bonds is 7. The Morgan fingerprint density at radius 1 is 1.31 bits per heavy atom. The van der Waals surface area contributed by atoms with Gasteiger partial charge in [0.15, 0.2) is 11.0 Å². The van der Waals surface area contributed by atoms with E-state index in [0.29, 0.717) is 17.5 Å². The van der Waals surface area contributed by atoms with Crippen LogP contribution in [0.25, 0.3) is 11.4 Å². The number of carbonyl (C=O) groups excluding carboxylic acids is 1. The van der Waals surface area contributed by atoms with Crippen LogP contribution >= 0.6 is 11.8 Å². The molecule has 0 fully saturated rings. The molecule has 2 heterocycles. The van der Waals surface area contributed by atoms with Crippen LogP contribution < -0.4 is 4.90 Å². The summed E-state index contributed by atoms with van der Waals surface area (Å²) in [5, 5.41) is 9.21. The van der Waals surface area contributed by atoms with Gasteiger partial charge in [0.1, 0.15) is 5.76 Å². The van der Waals surface area contributed by atoms with Crippen LogP contribution in [0.4, 0.5) is 5.69 Å². The number of thioether (sulfide) groups is 1. The van der Waals surface area contributed by atoms with Gasteiger partial charge in [0.25, 0.3) is 0 Å². The minimum atomic E-state index is -0.00426. The lowest BCUT2D eigenvalue weighted by Crippen LogP contribution is -2.27. The van der Waals surface area contributed by atoms with E-state index >= 15 is 0 Å². The molecule has 1 amide bonds. The van der Waals surface area contributed by atoms with Crippen molar-refractivity contribution in [2.45, 2.75) is 18.6 Å². The smallest absolute Gasteiger partial charge is 0.237 e. The Labute approximate surface area is 156 Å². The molecule has 0 bridgehead atoms. The number of benzene rings is 1. The topological polar surface area (TPSA) is 64.2 Å². The molecule has 0 radical (unpaired) electrons. The standard InChI is InChI=1S/C19H20N4O2S/c1-4-11-23-18(16-10-12-25-14(16)2)20-21-19(23)26-13-17(24)22(3)15-8-6-5-7-9-15/h4-10,12H,1,11,13H2,2-3H3. The number of para-hydroxylation sites is 1. The fourth-order valence-electron chi connectivity index (χ4n) is 2.52. The van der Waals surface area contributed by atoms with Crippen LogP contribution in [0.15, 0.2) is 64.9 Å². The van der Waals surface area contributed by atoms with Crippen LogP contribution in [0.5, 0.6) is 0 Å². The van der Waals surface area contributed by atoms with Gasteiger partial charge < -0.3 is 9.32 Å². The Morgan fingerprint density at radius 3 is 2.73 bits per heavy atom. The molecular formula is C19H20N4O2S. The van der Waals surface area contributed by atoms with Crippen molar-refractivity contribution in [2.75, 3.05) is 17.7 Å². The first-order valence-corrected chi connectivity index (χ1v) is 9.13. The van der Waals surface area contributed by atoms with Crippen LogP contribution in [0.1, 0.15) is 5.76 Å². The number of carbonyl (C=O) groups is 1. The van der Waals surface area contributed by atoms with Crippen molar-refractivity contribution in [3.63, 3.8) is 0 Å². The highest BCUT2D eigenvalue weighted by Gasteiger charge is 2.18. The van der Waals surface area contributed by atoms with Gasteiger partial charge in [0, 0.05) is 19.3 Å². The van der Waals surface area contributed by atoms with Gasteiger partial charge >= 0.3 is 0 Å². The van der Waals surface area contributed by atoms with Gasteiger partial charge in [0.2, 0.25) is 5.91 Å². The maximum atomic E-state index is 12.5. The third-order valence-corrected chi connectivity index (χ3v) is 4.92. The van der Waals surface area contributed by atoms with Crippen LogP contribution in [0, 0.1) is 6.92 Å². The van der Waals surface area contributed by atoms with Gasteiger partial charge in [-0.3, -0.25) is 9.36 Å². The number of nitrogens with zero attached hydrogens (tertiary/aromatic N) is 4. The average Bonchev–Trinajstić information content (AvgIpc) is 3.26. The quantitative estimate of drug-likeness (QED) is 0.469. The van der Waals surface area contributed by atoms with E-state index in [9.17, 15) is 4.79 Å². The monoisotopic (exact) mass is 368 g/mol. The van der Waals surface area contributed by atoms with Gasteiger partial charge in [-0.05, 0) is 25.1 Å². The Morgan fingerprint density at radius 2 is 2.08 bits per heavy atom. The van der Waals surface area contributed by atoms with Gasteiger partial charge in [-0.2, -0.15) is 0 Å². The molecule has 0 N–H and O–H groups in total. The number of allylic oxidation sites excluding steroid dienone is 1. The molecule has 0 saturated heterocycles. The molecule has 134 valence electrons. The Bertz CT molecular complexity index is 901. The van der Waals surface area contributed by atoms with Crippen molar-refractivity contribution in [1.29, 1.82) is 0 Å². The fraction of sp³-hybridized carbons (Fsp3) is 0.211. The number of aryl methyl sites for hydroxylation is 1. The van der Waals surface area contributed by atoms with E-state index in [-0.39, 0.29) is 11.7 Å². The summed E-state index contributed by atoms with van der Waals surface area (Å²) in [6.07, 6.45) is 3.41. The summed E-state index contributed by atoms with van der Waals surface area (Å²) >= 11 is 1.36. The zero-order chi connectivity index (χ0) is 18.5. The molecule has 3 aromatic rings. The van der Waals surface area contributed by atoms with Crippen LogP contribution in [-0.4, -0.2) is 33.5 Å². The molecule has 7 heteroatoms. The minimum Gasteiger partial charge on any atom is -0.469 e. The highest BCUT2D eigenvalue weighted by molar-refractivity contribution is 7.99. The molecule has 3 rings (SSSR count). The third kappa shape index (κ3) is 3.72. The molecule has 2 aromatic heterocycles. The number of aromatic nitrogens is 3. The van der Waals surface area contributed by atoms with Crippen molar-refractivity contribution in [3.05, 3.63) is 61.1 Å². The predicted molar refractivity (Wildman–Crippen MR) is 103 cm³/mol. The van der Waals surface area contributed by atoms with E-state index in [4.69, 9.17) is 4.42 Å². The SMILES string of the molecule is C=CCn1c(SCC(=O)N(C)c2ccccc2)nnc1-c1ccoc1C. The average molecular weight is 368 g/mol. The molecule has 1 aromatic carbocycles. The van der Waals surface area contributed by atoms with Crippen molar-refractivity contribution < 1.29 is 9.21 Å². The Balaban J connectivity index is 1.76. The van der Waals surface area contributed by atoms with Gasteiger partial charge in [-0.25, -0.2) is 0 Å². The first-order chi connectivity index (χ1) is 12.6. The number of anilines is 1. The van der Waals surface area contributed by atoms with E-state index < -0.39 is 0 Å². The zero-order valence-electron chi connectivity index (χ0n) is 14.8. The molecule has 0 aliphatic heterocycles. The van der Waals surface area contributed by atoms with E-state index in [2.05, 4.69) is 16.8 Å². The lowest BCUT2D eigenvalue weighted by atomic mass is 10.2. The van der Waals surface area contributed by atoms with E-state index in [1.165, 1.54) is 11.8 Å². The number of hydrogen-bond acceptors (Lipinski definition) is 5. The van der Waals surface area contributed by atoms with Crippen LogP contribution in [0.3, 0.4) is 0 Å². The van der Waals surface area contributed by atoms with Crippen molar-refractivity contribution >= 4 is 23.4 Å². The maximum absolute atomic E-state index is 12.5. The second kappa shape index (κ2) is 8.05. The van der Waals surface area contributed by atoms with Gasteiger partial charge in [-0.1, -0.05) is 36.0 Å². The molecule has 0 spiro atoms. The summed E-state index contributed by atoms with van der Waals surface area (Å²) in [7, 11) is 1.77. The summed E-state index contributed by atoms with van der Waals surface area (Å²) in [6.45, 7) is 6.24. The summed E-state index contributed by atoms with van der Waals surface area (Å²) in [5.41, 5.74) is 1.75. The van der Waals surface area contributed by atoms with E-state index in [1.807, 2.05) is 47.9 Å². The fourth-order valence-corrected chi connectivity index (χ4v) is 3.39. The third-order valence-electron chi connectivity index (χ3n) is 3.97.